The molecule has 0 aliphatic heterocycles. The lowest BCUT2D eigenvalue weighted by molar-refractivity contribution is -0.143. The number of ether oxygens (including phenoxy) is 1. The zero-order valence-electron chi connectivity index (χ0n) is 9.64. The number of carbonyl (C=O) groups excluding carboxylic acids is 1. The van der Waals surface area contributed by atoms with Crippen LogP contribution < -0.4 is 0 Å². The van der Waals surface area contributed by atoms with Crippen molar-refractivity contribution in [3.63, 3.8) is 0 Å². The van der Waals surface area contributed by atoms with E-state index in [9.17, 15) is 18.0 Å². The summed E-state index contributed by atoms with van der Waals surface area (Å²) in [5.74, 6) is -1.06. The molecule has 2 aromatic heterocycles. The summed E-state index contributed by atoms with van der Waals surface area (Å²) >= 11 is 0.982. The van der Waals surface area contributed by atoms with E-state index >= 15 is 0 Å². The van der Waals surface area contributed by atoms with Gasteiger partial charge in [0, 0.05) is 11.6 Å². The number of carbonyl (C=O) groups is 1. The number of esters is 1. The van der Waals surface area contributed by atoms with Crippen LogP contribution in [0.5, 0.6) is 0 Å². The Bertz CT molecular complexity index is 577. The summed E-state index contributed by atoms with van der Waals surface area (Å²) in [7, 11) is 0. The van der Waals surface area contributed by atoms with E-state index in [0.717, 1.165) is 17.5 Å². The molecule has 0 N–H and O–H groups in total. The van der Waals surface area contributed by atoms with E-state index in [-0.39, 0.29) is 11.7 Å². The van der Waals surface area contributed by atoms with Crippen LogP contribution in [-0.2, 0) is 10.9 Å². The van der Waals surface area contributed by atoms with Crippen molar-refractivity contribution < 1.29 is 22.7 Å². The van der Waals surface area contributed by atoms with Crippen molar-refractivity contribution in [3.05, 3.63) is 29.0 Å². The molecule has 0 saturated carbocycles. The van der Waals surface area contributed by atoms with Crippen LogP contribution in [0.4, 0.5) is 13.2 Å². The van der Waals surface area contributed by atoms with Gasteiger partial charge < -0.3 is 4.74 Å². The van der Waals surface area contributed by atoms with E-state index in [1.165, 1.54) is 18.5 Å². The predicted octanol–water partition coefficient (Wildman–Crippen LogP) is 2.52. The Balaban J connectivity index is 2.55. The highest BCUT2D eigenvalue weighted by atomic mass is 32.1. The van der Waals surface area contributed by atoms with Gasteiger partial charge in [0.25, 0.3) is 0 Å². The van der Waals surface area contributed by atoms with Crippen LogP contribution in [0.15, 0.2) is 17.8 Å². The number of alkyl halides is 3. The summed E-state index contributed by atoms with van der Waals surface area (Å²) in [6.07, 6.45) is -2.54. The number of hydrogen-bond donors (Lipinski definition) is 0. The minimum absolute atomic E-state index is 0.0153. The fourth-order valence-electron chi connectivity index (χ4n) is 1.44. The molecule has 19 heavy (non-hydrogen) atoms. The Morgan fingerprint density at radius 3 is 2.79 bits per heavy atom. The average Bonchev–Trinajstić information content (AvgIpc) is 2.97. The van der Waals surface area contributed by atoms with Crippen LogP contribution in [0.2, 0.25) is 0 Å². The van der Waals surface area contributed by atoms with Gasteiger partial charge in [0.2, 0.25) is 5.13 Å². The van der Waals surface area contributed by atoms with Crippen molar-refractivity contribution in [2.24, 2.45) is 0 Å². The van der Waals surface area contributed by atoms with Gasteiger partial charge in [-0.15, -0.1) is 11.3 Å². The van der Waals surface area contributed by atoms with Crippen LogP contribution >= 0.6 is 11.3 Å². The van der Waals surface area contributed by atoms with Gasteiger partial charge in [-0.3, -0.25) is 0 Å². The Morgan fingerprint density at radius 1 is 1.53 bits per heavy atom. The zero-order valence-corrected chi connectivity index (χ0v) is 10.5. The van der Waals surface area contributed by atoms with E-state index < -0.39 is 23.4 Å². The van der Waals surface area contributed by atoms with Gasteiger partial charge in [0.15, 0.2) is 5.69 Å². The first kappa shape index (κ1) is 13.5. The monoisotopic (exact) mass is 291 g/mol. The van der Waals surface area contributed by atoms with E-state index in [2.05, 4.69) is 14.8 Å². The molecule has 9 heteroatoms. The second-order valence-electron chi connectivity index (χ2n) is 3.35. The topological polar surface area (TPSA) is 57.0 Å². The van der Waals surface area contributed by atoms with Crippen molar-refractivity contribution in [1.29, 1.82) is 0 Å². The summed E-state index contributed by atoms with van der Waals surface area (Å²) in [5, 5.41) is 5.12. The van der Waals surface area contributed by atoms with Crippen molar-refractivity contribution in [3.8, 4) is 5.13 Å². The normalized spacial score (nSPS) is 11.6. The standard InChI is InChI=1S/C10H8F3N3O2S/c1-2-18-8(17)6-5-15-16(7(6)10(11,12)13)9-14-3-4-19-9/h3-5H,2H2,1H3. The molecule has 0 aromatic carbocycles. The van der Waals surface area contributed by atoms with E-state index in [0.29, 0.717) is 4.68 Å². The Kier molecular flexibility index (Phi) is 3.56. The van der Waals surface area contributed by atoms with Gasteiger partial charge in [-0.05, 0) is 6.92 Å². The summed E-state index contributed by atoms with van der Waals surface area (Å²) in [6, 6.07) is 0. The van der Waals surface area contributed by atoms with Crippen LogP contribution in [-0.4, -0.2) is 27.3 Å². The first-order chi connectivity index (χ1) is 8.95. The third kappa shape index (κ3) is 2.60. The molecule has 0 radical (unpaired) electrons. The maximum absolute atomic E-state index is 13.0. The molecule has 0 bridgehead atoms. The van der Waals surface area contributed by atoms with Gasteiger partial charge in [-0.2, -0.15) is 18.3 Å². The molecule has 0 saturated heterocycles. The number of hydrogen-bond acceptors (Lipinski definition) is 5. The molecule has 0 fully saturated rings. The SMILES string of the molecule is CCOC(=O)c1cnn(-c2nccs2)c1C(F)(F)F. The van der Waals surface area contributed by atoms with Gasteiger partial charge in [0.1, 0.15) is 5.56 Å². The molecule has 2 aromatic rings. The highest BCUT2D eigenvalue weighted by Gasteiger charge is 2.41. The average molecular weight is 291 g/mol. The summed E-state index contributed by atoms with van der Waals surface area (Å²) < 4.78 is 44.3. The molecule has 0 amide bonds. The summed E-state index contributed by atoms with van der Waals surface area (Å²) in [5.41, 5.74) is -1.80. The molecule has 5 nitrogen and oxygen atoms in total. The molecule has 0 spiro atoms. The molecule has 0 atom stereocenters. The van der Waals surface area contributed by atoms with Gasteiger partial charge in [0.05, 0.1) is 12.8 Å². The molecule has 0 unspecified atom stereocenters. The lowest BCUT2D eigenvalue weighted by Gasteiger charge is -2.10. The van der Waals surface area contributed by atoms with E-state index in [4.69, 9.17) is 0 Å². The minimum Gasteiger partial charge on any atom is -0.462 e. The predicted molar refractivity (Wildman–Crippen MR) is 60.2 cm³/mol. The van der Waals surface area contributed by atoms with Gasteiger partial charge >= 0.3 is 12.1 Å². The number of aromatic nitrogens is 3. The van der Waals surface area contributed by atoms with Gasteiger partial charge in [-0.25, -0.2) is 14.5 Å². The Labute approximate surface area is 109 Å². The van der Waals surface area contributed by atoms with Crippen LogP contribution in [0.1, 0.15) is 23.0 Å². The molecule has 0 aliphatic rings. The summed E-state index contributed by atoms with van der Waals surface area (Å²) in [6.45, 7) is 1.50. The van der Waals surface area contributed by atoms with Crippen LogP contribution in [0.25, 0.3) is 5.13 Å². The Morgan fingerprint density at radius 2 is 2.26 bits per heavy atom. The number of rotatable bonds is 3. The highest BCUT2D eigenvalue weighted by Crippen LogP contribution is 2.34. The number of thiazole rings is 1. The van der Waals surface area contributed by atoms with E-state index in [1.807, 2.05) is 0 Å². The third-order valence-corrected chi connectivity index (χ3v) is 2.88. The fraction of sp³-hybridized carbons (Fsp3) is 0.300. The quantitative estimate of drug-likeness (QED) is 0.815. The maximum Gasteiger partial charge on any atom is 0.434 e. The molecule has 2 heterocycles. The molecule has 2 rings (SSSR count). The number of halogens is 3. The summed E-state index contributed by atoms with van der Waals surface area (Å²) in [4.78, 5) is 15.2. The maximum atomic E-state index is 13.0. The van der Waals surface area contributed by atoms with E-state index in [1.54, 1.807) is 0 Å². The van der Waals surface area contributed by atoms with Crippen molar-refractivity contribution in [2.45, 2.75) is 13.1 Å². The fourth-order valence-corrected chi connectivity index (χ4v) is 2.05. The second-order valence-corrected chi connectivity index (χ2v) is 4.22. The highest BCUT2D eigenvalue weighted by molar-refractivity contribution is 7.12. The zero-order chi connectivity index (χ0) is 14.0. The third-order valence-electron chi connectivity index (χ3n) is 2.13. The lowest BCUT2D eigenvalue weighted by atomic mass is 10.2. The van der Waals surface area contributed by atoms with Crippen LogP contribution in [0, 0.1) is 0 Å². The number of nitrogens with zero attached hydrogens (tertiary/aromatic N) is 3. The lowest BCUT2D eigenvalue weighted by Crippen LogP contribution is -2.18. The van der Waals surface area contributed by atoms with Gasteiger partial charge in [-0.1, -0.05) is 0 Å². The van der Waals surface area contributed by atoms with Crippen molar-refractivity contribution >= 4 is 17.3 Å². The van der Waals surface area contributed by atoms with Crippen molar-refractivity contribution in [2.75, 3.05) is 6.61 Å². The van der Waals surface area contributed by atoms with Crippen LogP contribution in [0.3, 0.4) is 0 Å². The van der Waals surface area contributed by atoms with Crippen molar-refractivity contribution in [1.82, 2.24) is 14.8 Å². The molecular formula is C10H8F3N3O2S. The molecule has 102 valence electrons. The first-order valence-corrected chi connectivity index (χ1v) is 6.05. The first-order valence-electron chi connectivity index (χ1n) is 5.17. The largest absolute Gasteiger partial charge is 0.462 e. The second kappa shape index (κ2) is 5.00. The molecule has 0 aliphatic carbocycles. The Hall–Kier alpha value is -1.90. The minimum atomic E-state index is -4.73. The smallest absolute Gasteiger partial charge is 0.434 e. The molecular weight excluding hydrogens is 283 g/mol.